The van der Waals surface area contributed by atoms with Gasteiger partial charge in [-0.3, -0.25) is 4.79 Å². The second-order valence-electron chi connectivity index (χ2n) is 6.42. The minimum Gasteiger partial charge on any atom is -0.471 e. The van der Waals surface area contributed by atoms with Crippen molar-refractivity contribution in [2.24, 2.45) is 0 Å². The summed E-state index contributed by atoms with van der Waals surface area (Å²) >= 11 is 3.05. The normalized spacial score (nSPS) is 11.3. The van der Waals surface area contributed by atoms with Crippen LogP contribution < -0.4 is 10.6 Å². The van der Waals surface area contributed by atoms with E-state index in [1.165, 1.54) is 30.6 Å². The number of methoxy groups -OCH3 is 1. The van der Waals surface area contributed by atoms with E-state index in [9.17, 15) is 22.2 Å². The van der Waals surface area contributed by atoms with Gasteiger partial charge >= 0.3 is 5.51 Å². The van der Waals surface area contributed by atoms with Gasteiger partial charge in [0, 0.05) is 30.3 Å². The largest absolute Gasteiger partial charge is 0.475 e. The van der Waals surface area contributed by atoms with Gasteiger partial charge in [0.2, 0.25) is 0 Å². The number of ether oxygens (including phenoxy) is 1. The number of halogens is 3. The van der Waals surface area contributed by atoms with Gasteiger partial charge in [0.05, 0.1) is 30.0 Å². The standard InChI is InChI=1S/C10H14N4OS2.C9H7F3O2S.C2H4O2/c1-11-3-6-9(17-8(4-15)13-6)7-5-16-10(12-2)14-7;10-9(11,12)15(14)8-3-1-7(2-4-8)5-6-13;1-4-2-3/h5,11,15H,3-4H2,1-2H3,(H,12,14);1-4,6H,5H2;2H,1H3. The Bertz CT molecular complexity index is 1110. The highest BCUT2D eigenvalue weighted by Gasteiger charge is 2.37. The van der Waals surface area contributed by atoms with Gasteiger partial charge in [0.15, 0.2) is 15.9 Å². The molecule has 0 bridgehead atoms. The molecular weight excluding hydrogens is 541 g/mol. The molecule has 0 radical (unpaired) electrons. The summed E-state index contributed by atoms with van der Waals surface area (Å²) in [5.74, 6) is 0. The van der Waals surface area contributed by atoms with Crippen molar-refractivity contribution in [3.05, 3.63) is 45.9 Å². The van der Waals surface area contributed by atoms with Gasteiger partial charge in [-0.25, -0.2) is 14.2 Å². The molecule has 1 unspecified atom stereocenters. The number of anilines is 1. The Hall–Kier alpha value is -2.72. The van der Waals surface area contributed by atoms with Crippen molar-refractivity contribution < 1.29 is 36.8 Å². The third-order valence-electron chi connectivity index (χ3n) is 3.93. The Morgan fingerprint density at radius 2 is 1.81 bits per heavy atom. The number of nitrogens with zero attached hydrogens (tertiary/aromatic N) is 2. The Labute approximate surface area is 216 Å². The summed E-state index contributed by atoms with van der Waals surface area (Å²) in [7, 11) is 2.04. The van der Waals surface area contributed by atoms with Gasteiger partial charge in [-0.1, -0.05) is 12.1 Å². The average Bonchev–Trinajstić information content (AvgIpc) is 3.51. The van der Waals surface area contributed by atoms with Crippen molar-refractivity contribution in [1.82, 2.24) is 15.3 Å². The van der Waals surface area contributed by atoms with Crippen molar-refractivity contribution in [2.45, 2.75) is 30.0 Å². The van der Waals surface area contributed by atoms with Crippen molar-refractivity contribution in [3.8, 4) is 10.6 Å². The van der Waals surface area contributed by atoms with Crippen LogP contribution in [0.2, 0.25) is 0 Å². The number of aromatic nitrogens is 2. The minimum atomic E-state index is -4.74. The van der Waals surface area contributed by atoms with Gasteiger partial charge in [-0.05, 0) is 24.7 Å². The van der Waals surface area contributed by atoms with E-state index < -0.39 is 16.3 Å². The quantitative estimate of drug-likeness (QED) is 0.334. The average molecular weight is 567 g/mol. The van der Waals surface area contributed by atoms with Gasteiger partial charge in [-0.15, -0.1) is 22.7 Å². The highest BCUT2D eigenvalue weighted by atomic mass is 32.2. The number of benzene rings is 1. The molecule has 0 spiro atoms. The zero-order valence-corrected chi connectivity index (χ0v) is 21.9. The van der Waals surface area contributed by atoms with Crippen LogP contribution in [0.5, 0.6) is 0 Å². The summed E-state index contributed by atoms with van der Waals surface area (Å²) in [6, 6.07) is 4.94. The first kappa shape index (κ1) is 31.3. The first-order valence-corrected chi connectivity index (χ1v) is 12.8. The summed E-state index contributed by atoms with van der Waals surface area (Å²) in [5, 5.41) is 18.8. The van der Waals surface area contributed by atoms with E-state index in [1.807, 2.05) is 19.5 Å². The fraction of sp³-hybridized carbons (Fsp3) is 0.333. The Morgan fingerprint density at radius 1 is 1.17 bits per heavy atom. The van der Waals surface area contributed by atoms with Crippen LogP contribution in [0.15, 0.2) is 34.5 Å². The van der Waals surface area contributed by atoms with E-state index in [0.717, 1.165) is 38.5 Å². The molecule has 198 valence electrons. The molecule has 0 aliphatic carbocycles. The molecule has 1 atom stereocenters. The number of rotatable bonds is 9. The van der Waals surface area contributed by atoms with Crippen LogP contribution in [0.4, 0.5) is 18.3 Å². The van der Waals surface area contributed by atoms with Crippen LogP contribution in [0, 0.1) is 0 Å². The van der Waals surface area contributed by atoms with E-state index in [2.05, 4.69) is 25.3 Å². The molecule has 3 N–H and O–H groups in total. The molecule has 0 amide bonds. The van der Waals surface area contributed by atoms with Crippen LogP contribution in [0.25, 0.3) is 10.6 Å². The SMILES string of the molecule is CNCc1nc(CO)sc1-c1csc(NC)n1.COC=O.O=CCc1ccc(S(=O)C(F)(F)F)cc1. The minimum absolute atomic E-state index is 0.0234. The van der Waals surface area contributed by atoms with Crippen LogP contribution in [0.3, 0.4) is 0 Å². The van der Waals surface area contributed by atoms with E-state index in [4.69, 9.17) is 9.90 Å². The monoisotopic (exact) mass is 566 g/mol. The predicted octanol–water partition coefficient (Wildman–Crippen LogP) is 3.36. The molecule has 0 saturated carbocycles. The van der Waals surface area contributed by atoms with E-state index in [-0.39, 0.29) is 17.9 Å². The van der Waals surface area contributed by atoms with Crippen molar-refractivity contribution in [2.75, 3.05) is 26.5 Å². The molecule has 15 heteroatoms. The predicted molar refractivity (Wildman–Crippen MR) is 133 cm³/mol. The first-order chi connectivity index (χ1) is 17.1. The number of alkyl halides is 3. The number of thiazole rings is 2. The first-order valence-electron chi connectivity index (χ1n) is 10.00. The maximum Gasteiger partial charge on any atom is 0.475 e. The number of hydrogen-bond acceptors (Lipinski definition) is 11. The number of hydrogen-bond donors (Lipinski definition) is 3. The number of carbonyl (C=O) groups excluding carboxylic acids is 2. The maximum absolute atomic E-state index is 12.0. The Morgan fingerprint density at radius 3 is 2.25 bits per heavy atom. The molecule has 0 fully saturated rings. The molecule has 0 aliphatic rings. The summed E-state index contributed by atoms with van der Waals surface area (Å²) < 4.78 is 50.8. The molecule has 9 nitrogen and oxygen atoms in total. The fourth-order valence-corrected chi connectivity index (χ4v) is 4.72. The summed E-state index contributed by atoms with van der Waals surface area (Å²) in [6.45, 7) is 1.03. The Kier molecular flexibility index (Phi) is 14.0. The lowest BCUT2D eigenvalue weighted by Crippen LogP contribution is -2.16. The molecule has 3 rings (SSSR count). The molecule has 2 heterocycles. The van der Waals surface area contributed by atoms with E-state index >= 15 is 0 Å². The third-order valence-corrected chi connectivity index (χ3v) is 7.02. The van der Waals surface area contributed by atoms with Crippen LogP contribution in [-0.4, -0.2) is 58.8 Å². The van der Waals surface area contributed by atoms with Crippen LogP contribution in [-0.2, 0) is 44.7 Å². The number of aldehydes is 1. The molecule has 2 aromatic heterocycles. The summed E-state index contributed by atoms with van der Waals surface area (Å²) in [5.41, 5.74) is -2.30. The van der Waals surface area contributed by atoms with Gasteiger partial charge < -0.3 is 25.3 Å². The van der Waals surface area contributed by atoms with Gasteiger partial charge in [0.25, 0.3) is 6.47 Å². The number of carbonyl (C=O) groups is 2. The Balaban J connectivity index is 0.000000316. The molecular formula is C21H25F3N4O5S3. The van der Waals surface area contributed by atoms with Crippen molar-refractivity contribution >= 4 is 51.4 Å². The third kappa shape index (κ3) is 10.1. The topological polar surface area (TPSA) is 131 Å². The number of aliphatic hydroxyl groups excluding tert-OH is 1. The number of nitrogens with one attached hydrogen (secondary N) is 2. The van der Waals surface area contributed by atoms with Crippen LogP contribution in [0.1, 0.15) is 16.3 Å². The fourth-order valence-electron chi connectivity index (χ4n) is 2.43. The maximum atomic E-state index is 12.0. The lowest BCUT2D eigenvalue weighted by atomic mass is 10.2. The van der Waals surface area contributed by atoms with Crippen molar-refractivity contribution in [3.63, 3.8) is 0 Å². The smallest absolute Gasteiger partial charge is 0.471 e. The summed E-state index contributed by atoms with van der Waals surface area (Å²) in [6.07, 6.45) is 0.786. The zero-order valence-electron chi connectivity index (χ0n) is 19.5. The number of aliphatic hydroxyl groups is 1. The second-order valence-corrected chi connectivity index (χ2v) is 9.83. The van der Waals surface area contributed by atoms with Crippen molar-refractivity contribution in [1.29, 1.82) is 0 Å². The van der Waals surface area contributed by atoms with E-state index in [1.54, 1.807) is 11.3 Å². The lowest BCUT2D eigenvalue weighted by Gasteiger charge is -2.06. The van der Waals surface area contributed by atoms with Crippen LogP contribution >= 0.6 is 22.7 Å². The zero-order chi connectivity index (χ0) is 27.1. The van der Waals surface area contributed by atoms with Gasteiger partial charge in [0.1, 0.15) is 11.3 Å². The molecule has 0 saturated heterocycles. The lowest BCUT2D eigenvalue weighted by molar-refractivity contribution is -0.126. The van der Waals surface area contributed by atoms with E-state index in [0.29, 0.717) is 24.9 Å². The second kappa shape index (κ2) is 16.1. The molecule has 0 aliphatic heterocycles. The highest BCUT2D eigenvalue weighted by molar-refractivity contribution is 7.86. The van der Waals surface area contributed by atoms with Gasteiger partial charge in [-0.2, -0.15) is 13.2 Å². The highest BCUT2D eigenvalue weighted by Crippen LogP contribution is 2.32. The summed E-state index contributed by atoms with van der Waals surface area (Å²) in [4.78, 5) is 28.6. The molecule has 1 aromatic carbocycles. The molecule has 3 aromatic rings. The molecule has 36 heavy (non-hydrogen) atoms.